The Hall–Kier alpha value is -1.62. The molecule has 0 spiro atoms. The molecule has 0 saturated carbocycles. The zero-order valence-corrected chi connectivity index (χ0v) is 10.9. The number of piperazine rings is 1. The van der Waals surface area contributed by atoms with Gasteiger partial charge >= 0.3 is 0 Å². The summed E-state index contributed by atoms with van der Waals surface area (Å²) in [7, 11) is 0. The van der Waals surface area contributed by atoms with Gasteiger partial charge < -0.3 is 15.5 Å². The predicted molar refractivity (Wildman–Crippen MR) is 71.7 cm³/mol. The summed E-state index contributed by atoms with van der Waals surface area (Å²) < 4.78 is 0. The Kier molecular flexibility index (Phi) is 4.15. The molecular formula is C13H20N4O. The van der Waals surface area contributed by atoms with Gasteiger partial charge in [0.05, 0.1) is 0 Å². The normalized spacial score (nSPS) is 19.7. The van der Waals surface area contributed by atoms with Crippen molar-refractivity contribution in [3.05, 3.63) is 24.0 Å². The molecule has 2 N–H and O–H groups in total. The molecule has 1 fully saturated rings. The number of aromatic nitrogens is 1. The van der Waals surface area contributed by atoms with Gasteiger partial charge in [-0.25, -0.2) is 0 Å². The van der Waals surface area contributed by atoms with Gasteiger partial charge in [-0.15, -0.1) is 0 Å². The SMILES string of the molecule is CCNC(=O)C1CNCCN1c1ccnc(C)c1. The minimum Gasteiger partial charge on any atom is -0.357 e. The van der Waals surface area contributed by atoms with Crippen molar-refractivity contribution in [1.29, 1.82) is 0 Å². The molecule has 18 heavy (non-hydrogen) atoms. The third-order valence-corrected chi connectivity index (χ3v) is 3.11. The highest BCUT2D eigenvalue weighted by molar-refractivity contribution is 5.85. The van der Waals surface area contributed by atoms with Crippen LogP contribution >= 0.6 is 0 Å². The Morgan fingerprint density at radius 1 is 1.67 bits per heavy atom. The molecule has 98 valence electrons. The van der Waals surface area contributed by atoms with Crippen molar-refractivity contribution in [2.24, 2.45) is 0 Å². The number of nitrogens with one attached hydrogen (secondary N) is 2. The van der Waals surface area contributed by atoms with E-state index in [1.807, 2.05) is 26.0 Å². The number of pyridine rings is 1. The molecule has 1 amide bonds. The summed E-state index contributed by atoms with van der Waals surface area (Å²) in [6, 6.07) is 3.85. The van der Waals surface area contributed by atoms with Gasteiger partial charge in [0.25, 0.3) is 0 Å². The Balaban J connectivity index is 2.20. The molecule has 0 aliphatic carbocycles. The largest absolute Gasteiger partial charge is 0.357 e. The van der Waals surface area contributed by atoms with Gasteiger partial charge in [-0.05, 0) is 26.0 Å². The zero-order valence-electron chi connectivity index (χ0n) is 10.9. The minimum absolute atomic E-state index is 0.0826. The summed E-state index contributed by atoms with van der Waals surface area (Å²) in [5.41, 5.74) is 2.04. The van der Waals surface area contributed by atoms with E-state index in [9.17, 15) is 4.79 Å². The highest BCUT2D eigenvalue weighted by Gasteiger charge is 2.28. The molecule has 5 nitrogen and oxygen atoms in total. The fourth-order valence-corrected chi connectivity index (χ4v) is 2.25. The van der Waals surface area contributed by atoms with Crippen molar-refractivity contribution in [2.75, 3.05) is 31.1 Å². The van der Waals surface area contributed by atoms with E-state index in [0.717, 1.165) is 24.5 Å². The zero-order chi connectivity index (χ0) is 13.0. The maximum atomic E-state index is 12.1. The molecule has 1 aromatic rings. The summed E-state index contributed by atoms with van der Waals surface area (Å²) in [6.07, 6.45) is 1.79. The lowest BCUT2D eigenvalue weighted by Crippen LogP contribution is -2.58. The maximum Gasteiger partial charge on any atom is 0.244 e. The monoisotopic (exact) mass is 248 g/mol. The van der Waals surface area contributed by atoms with Crippen LogP contribution in [0.3, 0.4) is 0 Å². The molecule has 2 heterocycles. The van der Waals surface area contributed by atoms with E-state index in [1.54, 1.807) is 6.20 Å². The van der Waals surface area contributed by atoms with E-state index >= 15 is 0 Å². The Morgan fingerprint density at radius 2 is 2.50 bits per heavy atom. The van der Waals surface area contributed by atoms with Crippen LogP contribution in [-0.2, 0) is 4.79 Å². The van der Waals surface area contributed by atoms with Crippen LogP contribution in [0, 0.1) is 6.92 Å². The molecule has 5 heteroatoms. The number of hydrogen-bond acceptors (Lipinski definition) is 4. The second kappa shape index (κ2) is 5.82. The Bertz CT molecular complexity index is 421. The summed E-state index contributed by atoms with van der Waals surface area (Å²) in [5, 5.41) is 6.16. The van der Waals surface area contributed by atoms with Crippen molar-refractivity contribution >= 4 is 11.6 Å². The van der Waals surface area contributed by atoms with Crippen LogP contribution in [-0.4, -0.2) is 43.1 Å². The molecule has 1 aliphatic rings. The number of anilines is 1. The number of carbonyl (C=O) groups is 1. The van der Waals surface area contributed by atoms with E-state index in [0.29, 0.717) is 13.1 Å². The van der Waals surface area contributed by atoms with Gasteiger partial charge in [-0.2, -0.15) is 0 Å². The van der Waals surface area contributed by atoms with Crippen molar-refractivity contribution in [2.45, 2.75) is 19.9 Å². The minimum atomic E-state index is -0.138. The predicted octanol–water partition coefficient (Wildman–Crippen LogP) is 0.304. The van der Waals surface area contributed by atoms with E-state index in [1.165, 1.54) is 0 Å². The highest BCUT2D eigenvalue weighted by Crippen LogP contribution is 2.18. The Morgan fingerprint density at radius 3 is 3.22 bits per heavy atom. The van der Waals surface area contributed by atoms with E-state index < -0.39 is 0 Å². The van der Waals surface area contributed by atoms with Crippen LogP contribution in [0.1, 0.15) is 12.6 Å². The van der Waals surface area contributed by atoms with E-state index in [4.69, 9.17) is 0 Å². The van der Waals surface area contributed by atoms with Crippen molar-refractivity contribution in [3.8, 4) is 0 Å². The number of rotatable bonds is 3. The average molecular weight is 248 g/mol. The van der Waals surface area contributed by atoms with E-state index in [2.05, 4.69) is 20.5 Å². The summed E-state index contributed by atoms with van der Waals surface area (Å²) in [5.74, 6) is 0.0826. The number of aryl methyl sites for hydroxylation is 1. The van der Waals surface area contributed by atoms with E-state index in [-0.39, 0.29) is 11.9 Å². The number of hydrogen-bond donors (Lipinski definition) is 2. The molecule has 1 aromatic heterocycles. The second-order valence-electron chi connectivity index (χ2n) is 4.46. The first-order valence-electron chi connectivity index (χ1n) is 6.40. The first-order valence-corrected chi connectivity index (χ1v) is 6.40. The second-order valence-corrected chi connectivity index (χ2v) is 4.46. The summed E-state index contributed by atoms with van der Waals surface area (Å²) in [4.78, 5) is 18.4. The highest BCUT2D eigenvalue weighted by atomic mass is 16.2. The van der Waals surface area contributed by atoms with Crippen LogP contribution in [0.25, 0.3) is 0 Å². The molecule has 1 saturated heterocycles. The third-order valence-electron chi connectivity index (χ3n) is 3.11. The molecule has 2 rings (SSSR count). The fraction of sp³-hybridized carbons (Fsp3) is 0.538. The molecular weight excluding hydrogens is 228 g/mol. The lowest BCUT2D eigenvalue weighted by Gasteiger charge is -2.36. The summed E-state index contributed by atoms with van der Waals surface area (Å²) in [6.45, 7) is 7.00. The molecule has 1 unspecified atom stereocenters. The molecule has 0 aromatic carbocycles. The first kappa shape index (κ1) is 12.8. The smallest absolute Gasteiger partial charge is 0.244 e. The van der Waals surface area contributed by atoms with Gasteiger partial charge in [0, 0.05) is 43.8 Å². The third kappa shape index (κ3) is 2.79. The lowest BCUT2D eigenvalue weighted by atomic mass is 10.1. The maximum absolute atomic E-state index is 12.1. The van der Waals surface area contributed by atoms with Gasteiger partial charge in [-0.3, -0.25) is 9.78 Å². The fourth-order valence-electron chi connectivity index (χ4n) is 2.25. The molecule has 1 aliphatic heterocycles. The molecule has 1 atom stereocenters. The van der Waals surface area contributed by atoms with Crippen LogP contribution in [0.4, 0.5) is 5.69 Å². The van der Waals surface area contributed by atoms with Crippen LogP contribution < -0.4 is 15.5 Å². The van der Waals surface area contributed by atoms with Crippen molar-refractivity contribution < 1.29 is 4.79 Å². The van der Waals surface area contributed by atoms with Gasteiger partial charge in [0.1, 0.15) is 6.04 Å². The average Bonchev–Trinajstić information content (AvgIpc) is 2.39. The van der Waals surface area contributed by atoms with Gasteiger partial charge in [-0.1, -0.05) is 0 Å². The lowest BCUT2D eigenvalue weighted by molar-refractivity contribution is -0.122. The number of amides is 1. The number of nitrogens with zero attached hydrogens (tertiary/aromatic N) is 2. The van der Waals surface area contributed by atoms with Gasteiger partial charge in [0.15, 0.2) is 0 Å². The van der Waals surface area contributed by atoms with Crippen molar-refractivity contribution in [1.82, 2.24) is 15.6 Å². The van der Waals surface area contributed by atoms with Crippen LogP contribution in [0.15, 0.2) is 18.3 Å². The Labute approximate surface area is 108 Å². The topological polar surface area (TPSA) is 57.3 Å². The quantitative estimate of drug-likeness (QED) is 0.808. The molecule has 0 bridgehead atoms. The first-order chi connectivity index (χ1) is 8.72. The number of carbonyl (C=O) groups excluding carboxylic acids is 1. The van der Waals surface area contributed by atoms with Crippen LogP contribution in [0.2, 0.25) is 0 Å². The van der Waals surface area contributed by atoms with Crippen molar-refractivity contribution in [3.63, 3.8) is 0 Å². The number of likely N-dealkylation sites (N-methyl/N-ethyl adjacent to an activating group) is 1. The van der Waals surface area contributed by atoms with Gasteiger partial charge in [0.2, 0.25) is 5.91 Å². The molecule has 0 radical (unpaired) electrons. The summed E-state index contributed by atoms with van der Waals surface area (Å²) >= 11 is 0. The standard InChI is InChI=1S/C13H20N4O/c1-3-15-13(18)12-9-14-6-7-17(12)11-4-5-16-10(2)8-11/h4-5,8,12,14H,3,6-7,9H2,1-2H3,(H,15,18). The van der Waals surface area contributed by atoms with Crippen LogP contribution in [0.5, 0.6) is 0 Å².